The lowest BCUT2D eigenvalue weighted by Gasteiger charge is -2.23. The number of carbonyl (C=O) groups excluding carboxylic acids is 1. The van der Waals surface area contributed by atoms with E-state index >= 15 is 0 Å². The summed E-state index contributed by atoms with van der Waals surface area (Å²) < 4.78 is 13.1. The summed E-state index contributed by atoms with van der Waals surface area (Å²) in [5, 5.41) is 7.23. The molecule has 6 heteroatoms. The molecule has 1 fully saturated rings. The van der Waals surface area contributed by atoms with Crippen LogP contribution in [-0.2, 0) is 4.79 Å². The van der Waals surface area contributed by atoms with Crippen LogP contribution in [0.5, 0.6) is 0 Å². The maximum absolute atomic E-state index is 13.1. The maximum atomic E-state index is 13.1. The molecule has 0 saturated carbocycles. The minimum Gasteiger partial charge on any atom is -0.348 e. The number of nitrogens with zero attached hydrogens (tertiary/aromatic N) is 1. The summed E-state index contributed by atoms with van der Waals surface area (Å²) in [6.07, 6.45) is 1.98. The van der Waals surface area contributed by atoms with E-state index < -0.39 is 0 Å². The number of rotatable bonds is 4. The van der Waals surface area contributed by atoms with Crippen LogP contribution in [0.3, 0.4) is 0 Å². The molecule has 1 aromatic carbocycles. The molecule has 2 unspecified atom stereocenters. The predicted octanol–water partition coefficient (Wildman–Crippen LogP) is 3.43. The van der Waals surface area contributed by atoms with Crippen molar-refractivity contribution in [1.82, 2.24) is 15.6 Å². The highest BCUT2D eigenvalue weighted by atomic mass is 32.1. The summed E-state index contributed by atoms with van der Waals surface area (Å²) in [5.74, 6) is -0.106. The van der Waals surface area contributed by atoms with E-state index in [2.05, 4.69) is 15.6 Å². The fraction of sp³-hybridized carbons (Fsp3) is 0.444. The van der Waals surface area contributed by atoms with Gasteiger partial charge in [0.1, 0.15) is 10.8 Å². The predicted molar refractivity (Wildman–Crippen MR) is 94.4 cm³/mol. The van der Waals surface area contributed by atoms with Gasteiger partial charge in [0.25, 0.3) is 0 Å². The number of halogens is 1. The monoisotopic (exact) mass is 347 g/mol. The molecule has 1 saturated heterocycles. The molecule has 1 aromatic heterocycles. The number of amides is 1. The quantitative estimate of drug-likeness (QED) is 0.891. The van der Waals surface area contributed by atoms with Gasteiger partial charge in [-0.05, 0) is 57.5 Å². The molecule has 3 rings (SSSR count). The molecule has 2 N–H and O–H groups in total. The standard InChI is InChI=1S/C18H22FN3OS/c1-11(21-17(23)14-4-3-9-20-10-14)16-12(2)22-18(24-16)13-5-7-15(19)8-6-13/h5-8,11,14,20H,3-4,9-10H2,1-2H3,(H,21,23). The first-order valence-electron chi connectivity index (χ1n) is 8.29. The number of thiazole rings is 1. The van der Waals surface area contributed by atoms with Gasteiger partial charge in [-0.25, -0.2) is 9.37 Å². The Morgan fingerprint density at radius 3 is 2.83 bits per heavy atom. The maximum Gasteiger partial charge on any atom is 0.224 e. The Morgan fingerprint density at radius 2 is 2.17 bits per heavy atom. The summed E-state index contributed by atoms with van der Waals surface area (Å²) in [6.45, 7) is 5.68. The van der Waals surface area contributed by atoms with Crippen LogP contribution in [0.2, 0.25) is 0 Å². The average molecular weight is 347 g/mol. The van der Waals surface area contributed by atoms with Crippen molar-refractivity contribution in [2.75, 3.05) is 13.1 Å². The number of hydrogen-bond acceptors (Lipinski definition) is 4. The lowest BCUT2D eigenvalue weighted by atomic mass is 9.98. The van der Waals surface area contributed by atoms with Crippen molar-refractivity contribution in [3.8, 4) is 10.6 Å². The molecule has 2 atom stereocenters. The molecule has 1 amide bonds. The van der Waals surface area contributed by atoms with E-state index in [-0.39, 0.29) is 23.7 Å². The number of piperidine rings is 1. The summed E-state index contributed by atoms with van der Waals surface area (Å²) in [7, 11) is 0. The van der Waals surface area contributed by atoms with E-state index in [9.17, 15) is 9.18 Å². The van der Waals surface area contributed by atoms with Gasteiger partial charge in [-0.1, -0.05) is 0 Å². The molecule has 1 aliphatic heterocycles. The van der Waals surface area contributed by atoms with Crippen LogP contribution < -0.4 is 10.6 Å². The van der Waals surface area contributed by atoms with Crippen molar-refractivity contribution in [3.05, 3.63) is 40.7 Å². The van der Waals surface area contributed by atoms with Gasteiger partial charge in [0.2, 0.25) is 5.91 Å². The van der Waals surface area contributed by atoms with Gasteiger partial charge >= 0.3 is 0 Å². The Labute approximate surface area is 145 Å². The third-order valence-corrected chi connectivity index (χ3v) is 5.73. The van der Waals surface area contributed by atoms with Gasteiger partial charge in [-0.3, -0.25) is 4.79 Å². The molecule has 128 valence electrons. The van der Waals surface area contributed by atoms with E-state index in [0.717, 1.165) is 47.1 Å². The highest BCUT2D eigenvalue weighted by Crippen LogP contribution is 2.32. The normalized spacial score (nSPS) is 19.0. The first-order chi connectivity index (χ1) is 11.5. The van der Waals surface area contributed by atoms with Crippen LogP contribution in [-0.4, -0.2) is 24.0 Å². The number of nitrogens with one attached hydrogen (secondary N) is 2. The van der Waals surface area contributed by atoms with Crippen molar-refractivity contribution in [1.29, 1.82) is 0 Å². The Hall–Kier alpha value is -1.79. The minimum atomic E-state index is -0.256. The second-order valence-corrected chi connectivity index (χ2v) is 7.28. The number of aromatic nitrogens is 1. The summed E-state index contributed by atoms with van der Waals surface area (Å²) >= 11 is 1.55. The fourth-order valence-corrected chi connectivity index (χ4v) is 4.07. The highest BCUT2D eigenvalue weighted by molar-refractivity contribution is 7.15. The van der Waals surface area contributed by atoms with Crippen molar-refractivity contribution in [3.63, 3.8) is 0 Å². The first kappa shape index (κ1) is 17.0. The molecule has 2 aromatic rings. The van der Waals surface area contributed by atoms with Crippen LogP contribution in [0.25, 0.3) is 10.6 Å². The van der Waals surface area contributed by atoms with Gasteiger partial charge in [-0.2, -0.15) is 0 Å². The molecular weight excluding hydrogens is 325 g/mol. The van der Waals surface area contributed by atoms with Gasteiger partial charge in [-0.15, -0.1) is 11.3 Å². The Bertz CT molecular complexity index is 708. The van der Waals surface area contributed by atoms with Crippen LogP contribution in [0.1, 0.15) is 36.4 Å². The molecule has 2 heterocycles. The minimum absolute atomic E-state index is 0.0472. The van der Waals surface area contributed by atoms with Crippen LogP contribution >= 0.6 is 11.3 Å². The number of hydrogen-bond donors (Lipinski definition) is 2. The fourth-order valence-electron chi connectivity index (χ4n) is 3.00. The van der Waals surface area contributed by atoms with Crippen molar-refractivity contribution < 1.29 is 9.18 Å². The third-order valence-electron chi connectivity index (χ3n) is 4.34. The number of benzene rings is 1. The van der Waals surface area contributed by atoms with Crippen molar-refractivity contribution in [2.24, 2.45) is 5.92 Å². The second-order valence-electron chi connectivity index (χ2n) is 6.25. The second kappa shape index (κ2) is 7.40. The van der Waals surface area contributed by atoms with E-state index in [1.54, 1.807) is 23.5 Å². The van der Waals surface area contributed by atoms with Crippen molar-refractivity contribution in [2.45, 2.75) is 32.7 Å². The molecular formula is C18H22FN3OS. The Morgan fingerprint density at radius 1 is 1.42 bits per heavy atom. The molecule has 0 bridgehead atoms. The van der Waals surface area contributed by atoms with Crippen LogP contribution in [0.4, 0.5) is 4.39 Å². The number of carbonyl (C=O) groups is 1. The van der Waals surface area contributed by atoms with E-state index in [1.165, 1.54) is 12.1 Å². The average Bonchev–Trinajstić information content (AvgIpc) is 2.98. The summed E-state index contributed by atoms with van der Waals surface area (Å²) in [6, 6.07) is 6.26. The Balaban J connectivity index is 1.71. The van der Waals surface area contributed by atoms with Gasteiger partial charge in [0.05, 0.1) is 22.5 Å². The molecule has 24 heavy (non-hydrogen) atoms. The van der Waals surface area contributed by atoms with Gasteiger partial charge in [0, 0.05) is 12.1 Å². The van der Waals surface area contributed by atoms with Crippen LogP contribution in [0.15, 0.2) is 24.3 Å². The molecule has 0 aliphatic carbocycles. The van der Waals surface area contributed by atoms with Crippen LogP contribution in [0, 0.1) is 18.7 Å². The summed E-state index contributed by atoms with van der Waals surface area (Å²) in [5.41, 5.74) is 1.81. The molecule has 4 nitrogen and oxygen atoms in total. The van der Waals surface area contributed by atoms with Crippen molar-refractivity contribution >= 4 is 17.2 Å². The topological polar surface area (TPSA) is 54.0 Å². The number of aryl methyl sites for hydroxylation is 1. The lowest BCUT2D eigenvalue weighted by Crippen LogP contribution is -2.41. The zero-order chi connectivity index (χ0) is 17.1. The summed E-state index contributed by atoms with van der Waals surface area (Å²) in [4.78, 5) is 18.0. The largest absolute Gasteiger partial charge is 0.348 e. The smallest absolute Gasteiger partial charge is 0.224 e. The first-order valence-corrected chi connectivity index (χ1v) is 9.10. The Kier molecular flexibility index (Phi) is 5.26. The van der Waals surface area contributed by atoms with Gasteiger partial charge in [0.15, 0.2) is 0 Å². The van der Waals surface area contributed by atoms with Gasteiger partial charge < -0.3 is 10.6 Å². The lowest BCUT2D eigenvalue weighted by molar-refractivity contribution is -0.126. The third kappa shape index (κ3) is 3.82. The molecule has 0 radical (unpaired) electrons. The molecule has 0 spiro atoms. The SMILES string of the molecule is Cc1nc(-c2ccc(F)cc2)sc1C(C)NC(=O)C1CCCNC1. The van der Waals surface area contributed by atoms with E-state index in [0.29, 0.717) is 0 Å². The zero-order valence-electron chi connectivity index (χ0n) is 13.9. The highest BCUT2D eigenvalue weighted by Gasteiger charge is 2.24. The van der Waals surface area contributed by atoms with E-state index in [1.807, 2.05) is 13.8 Å². The zero-order valence-corrected chi connectivity index (χ0v) is 14.8. The molecule has 1 aliphatic rings. The van der Waals surface area contributed by atoms with E-state index in [4.69, 9.17) is 0 Å².